The molecule has 0 saturated carbocycles. The van der Waals surface area contributed by atoms with Crippen molar-refractivity contribution in [3.63, 3.8) is 0 Å². The molecule has 150 valence electrons. The highest BCUT2D eigenvalue weighted by atomic mass is 16.5. The first-order valence-electron chi connectivity index (χ1n) is 9.73. The predicted octanol–water partition coefficient (Wildman–Crippen LogP) is 2.32. The van der Waals surface area contributed by atoms with Gasteiger partial charge in [0.2, 0.25) is 0 Å². The molecule has 1 atom stereocenters. The van der Waals surface area contributed by atoms with E-state index < -0.39 is 5.69 Å². The van der Waals surface area contributed by atoms with E-state index in [-0.39, 0.29) is 24.6 Å². The zero-order chi connectivity index (χ0) is 20.3. The number of nitrogens with zero attached hydrogens (tertiary/aromatic N) is 3. The van der Waals surface area contributed by atoms with E-state index in [1.165, 1.54) is 9.13 Å². The summed E-state index contributed by atoms with van der Waals surface area (Å²) in [5.41, 5.74) is 0.881. The van der Waals surface area contributed by atoms with Crippen molar-refractivity contribution >= 4 is 11.7 Å². The average Bonchev–Trinajstić information content (AvgIpc) is 2.67. The number of aliphatic hydroxyl groups excluding tert-OH is 1. The number of fused-ring (bicyclic) bond motifs is 1. The summed E-state index contributed by atoms with van der Waals surface area (Å²) in [6, 6.07) is 7.73. The largest absolute Gasteiger partial charge is 0.443 e. The standard InChI is InChI=1S/C21H27N3O4/c1-4-7-15-13-17-18(22-19(15)28-16-9-5-8-14(2)12-16)23(3)21(27)24(20(17)26)10-6-11-25/h5,8-9,12,15,25H,4,6-7,10-11,13H2,1-3H3. The Morgan fingerprint density at radius 2 is 2.11 bits per heavy atom. The molecule has 2 aromatic rings. The van der Waals surface area contributed by atoms with Crippen LogP contribution in [-0.4, -0.2) is 26.7 Å². The van der Waals surface area contributed by atoms with Crippen LogP contribution in [0.2, 0.25) is 0 Å². The minimum absolute atomic E-state index is 0.0190. The van der Waals surface area contributed by atoms with E-state index in [0.29, 0.717) is 35.9 Å². The third-order valence-electron chi connectivity index (χ3n) is 5.01. The molecule has 7 heteroatoms. The monoisotopic (exact) mass is 385 g/mol. The molecule has 1 unspecified atom stereocenters. The van der Waals surface area contributed by atoms with Gasteiger partial charge in [-0.05, 0) is 43.9 Å². The Kier molecular flexibility index (Phi) is 6.14. The van der Waals surface area contributed by atoms with E-state index in [2.05, 4.69) is 11.9 Å². The van der Waals surface area contributed by atoms with E-state index in [9.17, 15) is 9.59 Å². The summed E-state index contributed by atoms with van der Waals surface area (Å²) in [5, 5.41) is 9.06. The van der Waals surface area contributed by atoms with Crippen molar-refractivity contribution in [2.24, 2.45) is 18.0 Å². The second kappa shape index (κ2) is 8.56. The fourth-order valence-corrected chi connectivity index (χ4v) is 3.58. The van der Waals surface area contributed by atoms with E-state index in [4.69, 9.17) is 9.84 Å². The molecule has 0 bridgehead atoms. The highest BCUT2D eigenvalue weighted by Crippen LogP contribution is 2.29. The number of rotatable bonds is 6. The lowest BCUT2D eigenvalue weighted by Crippen LogP contribution is -2.43. The molecule has 1 aliphatic heterocycles. The summed E-state index contributed by atoms with van der Waals surface area (Å²) >= 11 is 0. The van der Waals surface area contributed by atoms with Crippen LogP contribution < -0.4 is 16.0 Å². The summed E-state index contributed by atoms with van der Waals surface area (Å²) in [5.74, 6) is 1.59. The molecular formula is C21H27N3O4. The van der Waals surface area contributed by atoms with Crippen molar-refractivity contribution in [2.75, 3.05) is 6.61 Å². The SMILES string of the molecule is CCCC1Cc2c(n(C)c(=O)n(CCCO)c2=O)N=C1Oc1cccc(C)c1. The molecule has 3 rings (SSSR count). The van der Waals surface area contributed by atoms with Crippen molar-refractivity contribution in [2.45, 2.75) is 46.1 Å². The van der Waals surface area contributed by atoms with Gasteiger partial charge >= 0.3 is 5.69 Å². The van der Waals surface area contributed by atoms with Gasteiger partial charge in [0.15, 0.2) is 5.90 Å². The molecule has 1 aliphatic rings. The number of aromatic nitrogens is 2. The molecule has 0 aliphatic carbocycles. The summed E-state index contributed by atoms with van der Waals surface area (Å²) < 4.78 is 8.67. The first kappa shape index (κ1) is 20.1. The highest BCUT2D eigenvalue weighted by molar-refractivity contribution is 5.85. The van der Waals surface area contributed by atoms with Gasteiger partial charge in [-0.25, -0.2) is 4.79 Å². The second-order valence-electron chi connectivity index (χ2n) is 7.24. The van der Waals surface area contributed by atoms with Crippen LogP contribution in [0.1, 0.15) is 37.3 Å². The van der Waals surface area contributed by atoms with Gasteiger partial charge in [0.05, 0.1) is 5.56 Å². The molecule has 1 aromatic heterocycles. The molecule has 0 saturated heterocycles. The lowest BCUT2D eigenvalue weighted by molar-refractivity contribution is 0.277. The van der Waals surface area contributed by atoms with Gasteiger partial charge in [0.25, 0.3) is 5.56 Å². The minimum atomic E-state index is -0.426. The zero-order valence-electron chi connectivity index (χ0n) is 16.6. The van der Waals surface area contributed by atoms with Crippen molar-refractivity contribution in [3.05, 3.63) is 56.2 Å². The van der Waals surface area contributed by atoms with Crippen LogP contribution in [0.15, 0.2) is 38.8 Å². The van der Waals surface area contributed by atoms with Gasteiger partial charge in [0.1, 0.15) is 11.6 Å². The van der Waals surface area contributed by atoms with Gasteiger partial charge in [-0.2, -0.15) is 4.99 Å². The molecule has 1 aromatic carbocycles. The molecular weight excluding hydrogens is 358 g/mol. The zero-order valence-corrected chi connectivity index (χ0v) is 16.6. The lowest BCUT2D eigenvalue weighted by atomic mass is 9.93. The highest BCUT2D eigenvalue weighted by Gasteiger charge is 2.29. The predicted molar refractivity (Wildman–Crippen MR) is 109 cm³/mol. The molecule has 0 fully saturated rings. The Bertz CT molecular complexity index is 1000. The number of ether oxygens (including phenoxy) is 1. The minimum Gasteiger partial charge on any atom is -0.443 e. The van der Waals surface area contributed by atoms with Gasteiger partial charge < -0.3 is 9.84 Å². The summed E-state index contributed by atoms with van der Waals surface area (Å²) in [6.45, 7) is 4.20. The maximum absolute atomic E-state index is 12.9. The lowest BCUT2D eigenvalue weighted by Gasteiger charge is -2.25. The van der Waals surface area contributed by atoms with E-state index in [0.717, 1.165) is 18.4 Å². The Morgan fingerprint density at radius 3 is 2.79 bits per heavy atom. The fraction of sp³-hybridized carbons (Fsp3) is 0.476. The topological polar surface area (TPSA) is 85.8 Å². The van der Waals surface area contributed by atoms with Crippen molar-refractivity contribution in [1.82, 2.24) is 9.13 Å². The maximum Gasteiger partial charge on any atom is 0.332 e. The number of benzene rings is 1. The molecule has 7 nitrogen and oxygen atoms in total. The van der Waals surface area contributed by atoms with Crippen molar-refractivity contribution < 1.29 is 9.84 Å². The molecule has 0 amide bonds. The second-order valence-corrected chi connectivity index (χ2v) is 7.24. The number of hydrogen-bond acceptors (Lipinski definition) is 5. The van der Waals surface area contributed by atoms with Gasteiger partial charge in [-0.3, -0.25) is 13.9 Å². The Morgan fingerprint density at radius 1 is 1.32 bits per heavy atom. The van der Waals surface area contributed by atoms with Crippen LogP contribution in [0, 0.1) is 12.8 Å². The molecule has 0 radical (unpaired) electrons. The van der Waals surface area contributed by atoms with Crippen LogP contribution >= 0.6 is 0 Å². The van der Waals surface area contributed by atoms with Crippen LogP contribution in [0.5, 0.6) is 5.75 Å². The van der Waals surface area contributed by atoms with Gasteiger partial charge in [-0.15, -0.1) is 0 Å². The average molecular weight is 385 g/mol. The Hall–Kier alpha value is -2.67. The quantitative estimate of drug-likeness (QED) is 0.827. The molecule has 1 N–H and O–H groups in total. The summed E-state index contributed by atoms with van der Waals surface area (Å²) in [7, 11) is 1.62. The van der Waals surface area contributed by atoms with Gasteiger partial charge in [0, 0.05) is 26.1 Å². The maximum atomic E-state index is 12.9. The fourth-order valence-electron chi connectivity index (χ4n) is 3.58. The van der Waals surface area contributed by atoms with Gasteiger partial charge in [-0.1, -0.05) is 25.5 Å². The van der Waals surface area contributed by atoms with Crippen LogP contribution in [0.3, 0.4) is 0 Å². The Balaban J connectivity index is 2.08. The molecule has 28 heavy (non-hydrogen) atoms. The molecule has 0 spiro atoms. The van der Waals surface area contributed by atoms with Crippen molar-refractivity contribution in [1.29, 1.82) is 0 Å². The first-order valence-corrected chi connectivity index (χ1v) is 9.73. The normalized spacial score (nSPS) is 15.9. The smallest absolute Gasteiger partial charge is 0.332 e. The van der Waals surface area contributed by atoms with Crippen LogP contribution in [0.25, 0.3) is 0 Å². The number of aliphatic imine (C=N–C) groups is 1. The Labute approximate surface area is 163 Å². The van der Waals surface area contributed by atoms with E-state index >= 15 is 0 Å². The number of aryl methyl sites for hydroxylation is 1. The number of aliphatic hydroxyl groups is 1. The third-order valence-corrected chi connectivity index (χ3v) is 5.01. The van der Waals surface area contributed by atoms with E-state index in [1.807, 2.05) is 31.2 Å². The summed E-state index contributed by atoms with van der Waals surface area (Å²) in [4.78, 5) is 30.1. The summed E-state index contributed by atoms with van der Waals surface area (Å²) in [6.07, 6.45) is 2.61. The van der Waals surface area contributed by atoms with Crippen LogP contribution in [-0.2, 0) is 20.0 Å². The van der Waals surface area contributed by atoms with Crippen LogP contribution in [0.4, 0.5) is 5.82 Å². The first-order chi connectivity index (χ1) is 13.5. The molecule has 2 heterocycles. The van der Waals surface area contributed by atoms with E-state index in [1.54, 1.807) is 7.05 Å². The third kappa shape index (κ3) is 3.94. The number of hydrogen-bond donors (Lipinski definition) is 1. The van der Waals surface area contributed by atoms with Crippen molar-refractivity contribution in [3.8, 4) is 5.75 Å².